The molecule has 0 radical (unpaired) electrons. The topological polar surface area (TPSA) is 0 Å². The highest BCUT2D eigenvalue weighted by Gasteiger charge is 1.82. The number of alkyl halides is 4. The van der Waals surface area contributed by atoms with Crippen LogP contribution < -0.4 is 0 Å². The first-order valence-electron chi connectivity index (χ1n) is 4.22. The van der Waals surface area contributed by atoms with E-state index >= 15 is 0 Å². The normalized spacial score (nSPS) is 9.43. The zero-order valence-corrected chi connectivity index (χ0v) is 12.6. The minimum absolute atomic E-state index is 0.738. The van der Waals surface area contributed by atoms with Gasteiger partial charge in [0.2, 0.25) is 0 Å². The summed E-state index contributed by atoms with van der Waals surface area (Å²) in [5.41, 5.74) is 0. The van der Waals surface area contributed by atoms with E-state index in [4.69, 9.17) is 46.4 Å². The minimum Gasteiger partial charge on any atom is -0.160 e. The van der Waals surface area contributed by atoms with Crippen LogP contribution in [0.2, 0.25) is 0 Å². The molecule has 0 aromatic rings. The first-order valence-corrected chi connectivity index (χ1v) is 8.67. The molecule has 0 aliphatic heterocycles. The highest BCUT2D eigenvalue weighted by atomic mass is 35.5. The molecule has 0 atom stereocenters. The van der Waals surface area contributed by atoms with Crippen LogP contribution in [0.4, 0.5) is 0 Å². The van der Waals surface area contributed by atoms with Gasteiger partial charge in [0.1, 0.15) is 0 Å². The average molecular weight is 318 g/mol. The van der Waals surface area contributed by atoms with Crippen LogP contribution in [-0.4, -0.2) is 46.5 Å². The molecule has 0 aromatic heterocycles. The van der Waals surface area contributed by atoms with Gasteiger partial charge in [0.05, 0.1) is 0 Å². The van der Waals surface area contributed by atoms with Crippen LogP contribution in [0.15, 0.2) is 0 Å². The van der Waals surface area contributed by atoms with E-state index in [9.17, 15) is 0 Å². The predicted molar refractivity (Wildman–Crippen MR) is 77.5 cm³/mol. The Bertz CT molecular complexity index is 67.7. The Kier molecular flexibility index (Phi) is 26.4. The van der Waals surface area contributed by atoms with Crippen molar-refractivity contribution in [2.75, 3.05) is 46.5 Å². The van der Waals surface area contributed by atoms with E-state index in [1.54, 1.807) is 23.5 Å². The molecular formula is C8H16Cl4S2. The van der Waals surface area contributed by atoms with Gasteiger partial charge in [-0.1, -0.05) is 0 Å². The number of thioether (sulfide) groups is 2. The molecule has 88 valence electrons. The van der Waals surface area contributed by atoms with Gasteiger partial charge in [-0.05, 0) is 0 Å². The van der Waals surface area contributed by atoms with Crippen molar-refractivity contribution < 1.29 is 0 Å². The van der Waals surface area contributed by atoms with Crippen LogP contribution in [0.1, 0.15) is 0 Å². The number of hydrogen-bond donors (Lipinski definition) is 0. The highest BCUT2D eigenvalue weighted by molar-refractivity contribution is 7.99. The van der Waals surface area contributed by atoms with Gasteiger partial charge in [0.25, 0.3) is 0 Å². The first-order chi connectivity index (χ1) is 6.83. The van der Waals surface area contributed by atoms with E-state index in [-0.39, 0.29) is 0 Å². The van der Waals surface area contributed by atoms with Crippen LogP contribution in [0.3, 0.4) is 0 Å². The van der Waals surface area contributed by atoms with Crippen molar-refractivity contribution in [2.24, 2.45) is 0 Å². The summed E-state index contributed by atoms with van der Waals surface area (Å²) in [6.45, 7) is 0. The molecule has 0 fully saturated rings. The van der Waals surface area contributed by atoms with Gasteiger partial charge in [-0.25, -0.2) is 0 Å². The lowest BCUT2D eigenvalue weighted by atomic mass is 10.9. The van der Waals surface area contributed by atoms with Crippen molar-refractivity contribution in [3.63, 3.8) is 0 Å². The molecule has 0 aliphatic rings. The van der Waals surface area contributed by atoms with Crippen LogP contribution in [0.5, 0.6) is 0 Å². The zero-order valence-electron chi connectivity index (χ0n) is 7.99. The van der Waals surface area contributed by atoms with Gasteiger partial charge in [-0.3, -0.25) is 0 Å². The lowest BCUT2D eigenvalue weighted by Gasteiger charge is -1.89. The van der Waals surface area contributed by atoms with Crippen molar-refractivity contribution in [1.29, 1.82) is 0 Å². The second-order valence-corrected chi connectivity index (χ2v) is 5.94. The van der Waals surface area contributed by atoms with Crippen molar-refractivity contribution in [3.8, 4) is 0 Å². The molecule has 14 heavy (non-hydrogen) atoms. The van der Waals surface area contributed by atoms with Crippen LogP contribution in [0.25, 0.3) is 0 Å². The van der Waals surface area contributed by atoms with Crippen LogP contribution in [0, 0.1) is 0 Å². The van der Waals surface area contributed by atoms with Crippen LogP contribution >= 0.6 is 69.9 Å². The van der Waals surface area contributed by atoms with Gasteiger partial charge in [-0.15, -0.1) is 46.4 Å². The Morgan fingerprint density at radius 3 is 0.857 bits per heavy atom. The number of halogens is 4. The third-order valence-corrected chi connectivity index (χ3v) is 4.51. The molecule has 0 saturated heterocycles. The average Bonchev–Trinajstić information content (AvgIpc) is 2.21. The maximum absolute atomic E-state index is 5.37. The molecule has 0 N–H and O–H groups in total. The summed E-state index contributed by atoms with van der Waals surface area (Å²) in [5.74, 6) is 7.04. The van der Waals surface area contributed by atoms with E-state index in [1.165, 1.54) is 0 Å². The molecule has 0 aromatic carbocycles. The van der Waals surface area contributed by atoms with E-state index in [2.05, 4.69) is 0 Å². The quantitative estimate of drug-likeness (QED) is 0.481. The Labute approximate surface area is 116 Å². The second-order valence-electron chi connectivity index (χ2n) is 1.98. The van der Waals surface area contributed by atoms with Crippen molar-refractivity contribution >= 4 is 69.9 Å². The van der Waals surface area contributed by atoms with Gasteiger partial charge in [0, 0.05) is 46.5 Å². The van der Waals surface area contributed by atoms with E-state index in [0.29, 0.717) is 0 Å². The fraction of sp³-hybridized carbons (Fsp3) is 1.00. The monoisotopic (exact) mass is 316 g/mol. The molecular weight excluding hydrogens is 302 g/mol. The van der Waals surface area contributed by atoms with Gasteiger partial charge < -0.3 is 0 Å². The molecule has 6 heteroatoms. The fourth-order valence-corrected chi connectivity index (χ4v) is 2.58. The third-order valence-electron chi connectivity index (χ3n) is 0.886. The fourth-order valence-electron chi connectivity index (χ4n) is 0.422. The summed E-state index contributed by atoms with van der Waals surface area (Å²) in [6, 6.07) is 0. The van der Waals surface area contributed by atoms with E-state index < -0.39 is 0 Å². The Morgan fingerprint density at radius 1 is 0.500 bits per heavy atom. The van der Waals surface area contributed by atoms with E-state index in [1.807, 2.05) is 0 Å². The largest absolute Gasteiger partial charge is 0.160 e. The summed E-state index contributed by atoms with van der Waals surface area (Å²) < 4.78 is 0. The van der Waals surface area contributed by atoms with Crippen molar-refractivity contribution in [3.05, 3.63) is 0 Å². The predicted octanol–water partition coefficient (Wildman–Crippen LogP) is 4.39. The summed E-state index contributed by atoms with van der Waals surface area (Å²) in [5, 5.41) is 0. The van der Waals surface area contributed by atoms with Crippen molar-refractivity contribution in [1.82, 2.24) is 0 Å². The summed E-state index contributed by atoms with van der Waals surface area (Å²) in [6.07, 6.45) is 0. The smallest absolute Gasteiger partial charge is 0.0314 e. The summed E-state index contributed by atoms with van der Waals surface area (Å²) >= 11 is 25.1. The molecule has 0 nitrogen and oxygen atoms in total. The van der Waals surface area contributed by atoms with Crippen LogP contribution in [-0.2, 0) is 0 Å². The second kappa shape index (κ2) is 20.3. The summed E-state index contributed by atoms with van der Waals surface area (Å²) in [4.78, 5) is 0. The molecule has 0 bridgehead atoms. The highest BCUT2D eigenvalue weighted by Crippen LogP contribution is 2.00. The first kappa shape index (κ1) is 18.2. The minimum atomic E-state index is 0.738. The lowest BCUT2D eigenvalue weighted by Crippen LogP contribution is -1.83. The number of hydrogen-bond acceptors (Lipinski definition) is 2. The molecule has 0 saturated carbocycles. The van der Waals surface area contributed by atoms with Gasteiger partial charge >= 0.3 is 0 Å². The Hall–Kier alpha value is 1.86. The molecule has 0 amide bonds. The molecule has 0 unspecified atom stereocenters. The Morgan fingerprint density at radius 2 is 0.714 bits per heavy atom. The summed E-state index contributed by atoms with van der Waals surface area (Å²) in [7, 11) is 0. The Balaban J connectivity index is 0. The molecule has 0 aliphatic carbocycles. The lowest BCUT2D eigenvalue weighted by molar-refractivity contribution is 1.47. The van der Waals surface area contributed by atoms with E-state index in [0.717, 1.165) is 46.5 Å². The maximum atomic E-state index is 5.37. The maximum Gasteiger partial charge on any atom is 0.0314 e. The molecule has 0 spiro atoms. The third kappa shape index (κ3) is 23.6. The zero-order chi connectivity index (χ0) is 11.1. The van der Waals surface area contributed by atoms with Gasteiger partial charge in [0.15, 0.2) is 0 Å². The molecule has 0 rings (SSSR count). The van der Waals surface area contributed by atoms with Crippen molar-refractivity contribution in [2.45, 2.75) is 0 Å². The SMILES string of the molecule is ClCCSCCCl.ClCCSCCCl. The van der Waals surface area contributed by atoms with Gasteiger partial charge in [-0.2, -0.15) is 23.5 Å². The molecule has 0 heterocycles. The standard InChI is InChI=1S/2C4H8Cl2S/c2*5-1-3-7-4-2-6/h2*1-4H2. The number of rotatable bonds is 8.